The van der Waals surface area contributed by atoms with Crippen molar-refractivity contribution in [2.24, 2.45) is 11.8 Å². The Balaban J connectivity index is 1.74. The summed E-state index contributed by atoms with van der Waals surface area (Å²) in [6, 6.07) is 10.7. The standard InChI is InChI=1S/C17H15NO/c1-10(19)16-15-8-12-5-4-11(7-14(12)17(15)16)13-3-2-6-18-9-13/h2-7,9,15-17,19H,1,8H2. The summed E-state index contributed by atoms with van der Waals surface area (Å²) in [5, 5.41) is 9.61. The van der Waals surface area contributed by atoms with Gasteiger partial charge in [0, 0.05) is 18.3 Å². The molecule has 1 N–H and O–H groups in total. The third kappa shape index (κ3) is 1.53. The van der Waals surface area contributed by atoms with Crippen molar-refractivity contribution in [3.05, 3.63) is 66.2 Å². The van der Waals surface area contributed by atoms with Crippen LogP contribution in [-0.4, -0.2) is 10.1 Å². The van der Waals surface area contributed by atoms with Gasteiger partial charge in [-0.3, -0.25) is 4.98 Å². The summed E-state index contributed by atoms with van der Waals surface area (Å²) < 4.78 is 0. The molecule has 3 atom stereocenters. The number of hydrogen-bond donors (Lipinski definition) is 1. The largest absolute Gasteiger partial charge is 0.513 e. The number of nitrogens with zero attached hydrogens (tertiary/aromatic N) is 1. The Morgan fingerprint density at radius 2 is 2.16 bits per heavy atom. The Morgan fingerprint density at radius 3 is 2.89 bits per heavy atom. The lowest BCUT2D eigenvalue weighted by Gasteiger charge is -2.09. The number of fused-ring (bicyclic) bond motifs is 3. The maximum absolute atomic E-state index is 9.61. The smallest absolute Gasteiger partial charge is 0.0891 e. The quantitative estimate of drug-likeness (QED) is 0.823. The Morgan fingerprint density at radius 1 is 1.26 bits per heavy atom. The second-order valence-electron chi connectivity index (χ2n) is 5.57. The molecular weight excluding hydrogens is 234 g/mol. The number of allylic oxidation sites excluding steroid dienone is 1. The second kappa shape index (κ2) is 3.70. The van der Waals surface area contributed by atoms with Crippen molar-refractivity contribution >= 4 is 0 Å². The molecule has 2 heteroatoms. The third-order valence-corrected chi connectivity index (χ3v) is 4.51. The van der Waals surface area contributed by atoms with Crippen LogP contribution in [0, 0.1) is 11.8 Å². The molecule has 2 aliphatic rings. The molecule has 0 bridgehead atoms. The minimum Gasteiger partial charge on any atom is -0.513 e. The van der Waals surface area contributed by atoms with Gasteiger partial charge in [0.15, 0.2) is 0 Å². The third-order valence-electron chi connectivity index (χ3n) is 4.51. The van der Waals surface area contributed by atoms with Crippen molar-refractivity contribution in [2.75, 3.05) is 0 Å². The first-order valence-electron chi connectivity index (χ1n) is 6.66. The van der Waals surface area contributed by atoms with Crippen LogP contribution in [-0.2, 0) is 6.42 Å². The lowest BCUT2D eigenvalue weighted by molar-refractivity contribution is 0.371. The van der Waals surface area contributed by atoms with Crippen molar-refractivity contribution in [2.45, 2.75) is 12.3 Å². The monoisotopic (exact) mass is 249 g/mol. The summed E-state index contributed by atoms with van der Waals surface area (Å²) >= 11 is 0. The maximum Gasteiger partial charge on any atom is 0.0891 e. The van der Waals surface area contributed by atoms with Gasteiger partial charge in [0.05, 0.1) is 5.76 Å². The molecule has 1 heterocycles. The summed E-state index contributed by atoms with van der Waals surface area (Å²) in [6.45, 7) is 3.70. The van der Waals surface area contributed by atoms with Gasteiger partial charge < -0.3 is 5.11 Å². The first-order valence-corrected chi connectivity index (χ1v) is 6.66. The van der Waals surface area contributed by atoms with Crippen LogP contribution in [0.15, 0.2) is 55.1 Å². The number of benzene rings is 1. The van der Waals surface area contributed by atoms with Crippen molar-refractivity contribution in [3.8, 4) is 11.1 Å². The van der Waals surface area contributed by atoms with Gasteiger partial charge in [-0.05, 0) is 46.6 Å². The molecule has 0 spiro atoms. The van der Waals surface area contributed by atoms with Crippen LogP contribution in [0.1, 0.15) is 17.0 Å². The van der Waals surface area contributed by atoms with Crippen molar-refractivity contribution in [1.29, 1.82) is 0 Å². The fraction of sp³-hybridized carbons (Fsp3) is 0.235. The van der Waals surface area contributed by atoms with Gasteiger partial charge >= 0.3 is 0 Å². The zero-order valence-corrected chi connectivity index (χ0v) is 10.6. The highest BCUT2D eigenvalue weighted by Crippen LogP contribution is 2.63. The van der Waals surface area contributed by atoms with E-state index >= 15 is 0 Å². The number of pyridine rings is 1. The summed E-state index contributed by atoms with van der Waals surface area (Å²) in [5.41, 5.74) is 5.18. The van der Waals surface area contributed by atoms with Gasteiger partial charge in [-0.2, -0.15) is 0 Å². The van der Waals surface area contributed by atoms with Crippen LogP contribution in [0.25, 0.3) is 11.1 Å². The fourth-order valence-corrected chi connectivity index (χ4v) is 3.56. The predicted molar refractivity (Wildman–Crippen MR) is 74.9 cm³/mol. The molecule has 4 rings (SSSR count). The minimum atomic E-state index is 0.289. The number of aromatic nitrogens is 1. The molecule has 0 radical (unpaired) electrons. The average Bonchev–Trinajstić information content (AvgIpc) is 3.04. The van der Waals surface area contributed by atoms with Crippen LogP contribution >= 0.6 is 0 Å². The Kier molecular flexibility index (Phi) is 2.10. The first kappa shape index (κ1) is 10.8. The summed E-state index contributed by atoms with van der Waals surface area (Å²) in [4.78, 5) is 4.17. The summed E-state index contributed by atoms with van der Waals surface area (Å²) in [5.74, 6) is 1.71. The van der Waals surface area contributed by atoms with Gasteiger partial charge in [0.1, 0.15) is 0 Å². The van der Waals surface area contributed by atoms with E-state index in [4.69, 9.17) is 0 Å². The van der Waals surface area contributed by atoms with Crippen LogP contribution in [0.3, 0.4) is 0 Å². The van der Waals surface area contributed by atoms with Gasteiger partial charge in [-0.15, -0.1) is 0 Å². The van der Waals surface area contributed by atoms with Crippen molar-refractivity contribution in [3.63, 3.8) is 0 Å². The normalized spacial score (nSPS) is 26.6. The molecule has 19 heavy (non-hydrogen) atoms. The fourth-order valence-electron chi connectivity index (χ4n) is 3.56. The molecule has 0 aliphatic heterocycles. The summed E-state index contributed by atoms with van der Waals surface area (Å²) in [6.07, 6.45) is 4.76. The second-order valence-corrected chi connectivity index (χ2v) is 5.57. The van der Waals surface area contributed by atoms with E-state index in [0.717, 1.165) is 12.0 Å². The molecular formula is C17H15NO. The number of hydrogen-bond acceptors (Lipinski definition) is 2. The van der Waals surface area contributed by atoms with E-state index in [1.54, 1.807) is 6.20 Å². The average molecular weight is 249 g/mol. The van der Waals surface area contributed by atoms with Gasteiger partial charge in [0.2, 0.25) is 0 Å². The van der Waals surface area contributed by atoms with E-state index in [2.05, 4.69) is 35.8 Å². The molecule has 0 saturated heterocycles. The molecule has 2 nitrogen and oxygen atoms in total. The minimum absolute atomic E-state index is 0.289. The number of aliphatic hydroxyl groups is 1. The molecule has 1 aromatic heterocycles. The Labute approximate surface area is 112 Å². The van der Waals surface area contributed by atoms with E-state index in [0.29, 0.717) is 17.6 Å². The van der Waals surface area contributed by atoms with E-state index in [1.807, 2.05) is 12.3 Å². The molecule has 3 unspecified atom stereocenters. The van der Waals surface area contributed by atoms with Crippen LogP contribution in [0.4, 0.5) is 0 Å². The number of rotatable bonds is 2. The lowest BCUT2D eigenvalue weighted by atomic mass is 9.97. The van der Waals surface area contributed by atoms with Crippen LogP contribution in [0.2, 0.25) is 0 Å². The topological polar surface area (TPSA) is 33.1 Å². The highest BCUT2D eigenvalue weighted by molar-refractivity contribution is 5.65. The lowest BCUT2D eigenvalue weighted by Crippen LogP contribution is -1.96. The highest BCUT2D eigenvalue weighted by Gasteiger charge is 2.57. The van der Waals surface area contributed by atoms with Crippen LogP contribution < -0.4 is 0 Å². The SMILES string of the molecule is C=C(O)C1C2Cc3ccc(-c4cccnc4)cc3C21. The highest BCUT2D eigenvalue weighted by atomic mass is 16.3. The molecule has 1 saturated carbocycles. The molecule has 2 aromatic rings. The van der Waals surface area contributed by atoms with Gasteiger partial charge in [-0.25, -0.2) is 0 Å². The first-order chi connectivity index (χ1) is 9.25. The molecule has 94 valence electrons. The Hall–Kier alpha value is -2.09. The van der Waals surface area contributed by atoms with E-state index < -0.39 is 0 Å². The zero-order chi connectivity index (χ0) is 13.0. The summed E-state index contributed by atoms with van der Waals surface area (Å²) in [7, 11) is 0. The van der Waals surface area contributed by atoms with Gasteiger partial charge in [0.25, 0.3) is 0 Å². The molecule has 2 aliphatic carbocycles. The van der Waals surface area contributed by atoms with E-state index in [9.17, 15) is 5.11 Å². The van der Waals surface area contributed by atoms with Crippen molar-refractivity contribution < 1.29 is 5.11 Å². The Bertz CT molecular complexity index is 662. The van der Waals surface area contributed by atoms with E-state index in [1.165, 1.54) is 16.7 Å². The van der Waals surface area contributed by atoms with Gasteiger partial charge in [-0.1, -0.05) is 30.8 Å². The molecule has 1 aromatic carbocycles. The predicted octanol–water partition coefficient (Wildman–Crippen LogP) is 3.71. The zero-order valence-electron chi connectivity index (χ0n) is 10.6. The number of aliphatic hydroxyl groups excluding tert-OH is 1. The molecule has 0 amide bonds. The van der Waals surface area contributed by atoms with E-state index in [-0.39, 0.29) is 5.92 Å². The van der Waals surface area contributed by atoms with Crippen LogP contribution in [0.5, 0.6) is 0 Å². The molecule has 1 fully saturated rings. The maximum atomic E-state index is 9.61. The van der Waals surface area contributed by atoms with Crippen molar-refractivity contribution in [1.82, 2.24) is 4.98 Å².